The van der Waals surface area contributed by atoms with Crippen LogP contribution in [0.5, 0.6) is 0 Å². The SMILES string of the molecule is Cc1nc(NC(=O)c2ccccc2)sc1N=O. The van der Waals surface area contributed by atoms with Crippen LogP contribution in [0.2, 0.25) is 0 Å². The summed E-state index contributed by atoms with van der Waals surface area (Å²) in [6.45, 7) is 1.67. The Kier molecular flexibility index (Phi) is 3.24. The number of nitroso groups, excluding NO2 is 1. The number of nitrogens with zero attached hydrogens (tertiary/aromatic N) is 2. The lowest BCUT2D eigenvalue weighted by atomic mass is 10.2. The van der Waals surface area contributed by atoms with Gasteiger partial charge in [-0.05, 0) is 24.2 Å². The van der Waals surface area contributed by atoms with Crippen LogP contribution in [0.1, 0.15) is 16.1 Å². The van der Waals surface area contributed by atoms with Crippen LogP contribution in [0, 0.1) is 11.8 Å². The molecule has 17 heavy (non-hydrogen) atoms. The molecular weight excluding hydrogens is 238 g/mol. The van der Waals surface area contributed by atoms with Crippen LogP contribution in [0.4, 0.5) is 10.1 Å². The second-order valence-electron chi connectivity index (χ2n) is 3.32. The van der Waals surface area contributed by atoms with E-state index in [-0.39, 0.29) is 10.9 Å². The number of rotatable bonds is 3. The maximum absolute atomic E-state index is 11.8. The number of carbonyl (C=O) groups is 1. The van der Waals surface area contributed by atoms with Gasteiger partial charge in [-0.25, -0.2) is 4.98 Å². The van der Waals surface area contributed by atoms with Gasteiger partial charge in [0.1, 0.15) is 0 Å². The normalized spacial score (nSPS) is 9.94. The summed E-state index contributed by atoms with van der Waals surface area (Å²) in [6.07, 6.45) is 0. The summed E-state index contributed by atoms with van der Waals surface area (Å²) >= 11 is 1.06. The molecule has 0 aliphatic carbocycles. The van der Waals surface area contributed by atoms with E-state index in [0.717, 1.165) is 11.3 Å². The van der Waals surface area contributed by atoms with E-state index < -0.39 is 0 Å². The van der Waals surface area contributed by atoms with Gasteiger partial charge < -0.3 is 0 Å². The highest BCUT2D eigenvalue weighted by Gasteiger charge is 2.11. The molecule has 0 fully saturated rings. The van der Waals surface area contributed by atoms with Gasteiger partial charge in [0.05, 0.1) is 5.69 Å². The maximum atomic E-state index is 11.8. The van der Waals surface area contributed by atoms with Gasteiger partial charge in [0.2, 0.25) is 0 Å². The molecule has 0 aliphatic heterocycles. The Hall–Kier alpha value is -2.08. The number of benzene rings is 1. The summed E-state index contributed by atoms with van der Waals surface area (Å²) in [4.78, 5) is 26.2. The molecule has 86 valence electrons. The number of nitrogens with one attached hydrogen (secondary N) is 1. The first kappa shape index (κ1) is 11.4. The summed E-state index contributed by atoms with van der Waals surface area (Å²) in [5.74, 6) is -0.253. The predicted octanol–water partition coefficient (Wildman–Crippen LogP) is 3.10. The maximum Gasteiger partial charge on any atom is 0.257 e. The van der Waals surface area contributed by atoms with Crippen LogP contribution in [0.25, 0.3) is 0 Å². The van der Waals surface area contributed by atoms with E-state index in [2.05, 4.69) is 15.5 Å². The number of carbonyl (C=O) groups excluding carboxylic acids is 1. The molecule has 1 aromatic carbocycles. The third-order valence-corrected chi connectivity index (χ3v) is 3.06. The van der Waals surface area contributed by atoms with Crippen molar-refractivity contribution in [2.24, 2.45) is 5.18 Å². The number of aryl methyl sites for hydroxylation is 1. The topological polar surface area (TPSA) is 71.4 Å². The van der Waals surface area contributed by atoms with Gasteiger partial charge in [-0.3, -0.25) is 10.1 Å². The Morgan fingerprint density at radius 2 is 2.06 bits per heavy atom. The first-order chi connectivity index (χ1) is 8.20. The molecule has 2 rings (SSSR count). The number of hydrogen-bond acceptors (Lipinski definition) is 5. The van der Waals surface area contributed by atoms with E-state index in [4.69, 9.17) is 0 Å². The quantitative estimate of drug-likeness (QED) is 0.847. The first-order valence-corrected chi connectivity index (χ1v) is 5.69. The average molecular weight is 247 g/mol. The molecule has 0 bridgehead atoms. The highest BCUT2D eigenvalue weighted by atomic mass is 32.1. The third-order valence-electron chi connectivity index (χ3n) is 2.11. The van der Waals surface area contributed by atoms with Crippen LogP contribution in [0.15, 0.2) is 35.5 Å². The highest BCUT2D eigenvalue weighted by Crippen LogP contribution is 2.30. The van der Waals surface area contributed by atoms with Gasteiger partial charge in [-0.15, -0.1) is 4.91 Å². The highest BCUT2D eigenvalue weighted by molar-refractivity contribution is 7.19. The summed E-state index contributed by atoms with van der Waals surface area (Å²) < 4.78 is 0. The molecule has 1 aromatic heterocycles. The molecule has 0 aliphatic rings. The molecule has 5 nitrogen and oxygen atoms in total. The average Bonchev–Trinajstić information content (AvgIpc) is 2.70. The van der Waals surface area contributed by atoms with Crippen LogP contribution >= 0.6 is 11.3 Å². The van der Waals surface area contributed by atoms with Crippen molar-refractivity contribution >= 4 is 27.4 Å². The molecular formula is C11H9N3O2S. The molecule has 6 heteroatoms. The zero-order chi connectivity index (χ0) is 12.3. The van der Waals surface area contributed by atoms with Gasteiger partial charge in [0.15, 0.2) is 10.1 Å². The molecule has 0 atom stereocenters. The van der Waals surface area contributed by atoms with Crippen LogP contribution in [-0.2, 0) is 0 Å². The molecule has 0 saturated carbocycles. The minimum absolute atomic E-state index is 0.253. The summed E-state index contributed by atoms with van der Waals surface area (Å²) in [5.41, 5.74) is 1.06. The molecule has 0 saturated heterocycles. The lowest BCUT2D eigenvalue weighted by molar-refractivity contribution is 0.102. The van der Waals surface area contributed by atoms with E-state index in [0.29, 0.717) is 16.4 Å². The van der Waals surface area contributed by atoms with E-state index in [1.807, 2.05) is 6.07 Å². The van der Waals surface area contributed by atoms with Crippen molar-refractivity contribution in [2.75, 3.05) is 5.32 Å². The smallest absolute Gasteiger partial charge is 0.257 e. The van der Waals surface area contributed by atoms with E-state index in [1.54, 1.807) is 31.2 Å². The summed E-state index contributed by atoms with van der Waals surface area (Å²) in [7, 11) is 0. The molecule has 2 aromatic rings. The van der Waals surface area contributed by atoms with Crippen molar-refractivity contribution in [3.63, 3.8) is 0 Å². The van der Waals surface area contributed by atoms with Crippen molar-refractivity contribution in [2.45, 2.75) is 6.92 Å². The number of thiazole rings is 1. The number of amides is 1. The number of hydrogen-bond donors (Lipinski definition) is 1. The second kappa shape index (κ2) is 4.84. The zero-order valence-corrected chi connectivity index (χ0v) is 9.82. The molecule has 1 N–H and O–H groups in total. The first-order valence-electron chi connectivity index (χ1n) is 4.88. The Labute approximate surface area is 101 Å². The standard InChI is InChI=1S/C11H9N3O2S/c1-7-10(14-16)17-11(12-7)13-9(15)8-5-3-2-4-6-8/h2-6H,1H3,(H,12,13,15). The number of anilines is 1. The largest absolute Gasteiger partial charge is 0.298 e. The van der Waals surface area contributed by atoms with E-state index in [1.165, 1.54) is 0 Å². The Morgan fingerprint density at radius 3 is 2.65 bits per heavy atom. The lowest BCUT2D eigenvalue weighted by Gasteiger charge is -2.00. The van der Waals surface area contributed by atoms with Crippen molar-refractivity contribution in [3.8, 4) is 0 Å². The third kappa shape index (κ3) is 2.54. The predicted molar refractivity (Wildman–Crippen MR) is 66.7 cm³/mol. The molecule has 0 radical (unpaired) electrons. The Morgan fingerprint density at radius 1 is 1.35 bits per heavy atom. The van der Waals surface area contributed by atoms with Crippen LogP contribution in [0.3, 0.4) is 0 Å². The molecule has 0 spiro atoms. The van der Waals surface area contributed by atoms with Crippen LogP contribution < -0.4 is 5.32 Å². The molecule has 1 amide bonds. The summed E-state index contributed by atoms with van der Waals surface area (Å²) in [5, 5.41) is 6.11. The van der Waals surface area contributed by atoms with Gasteiger partial charge >= 0.3 is 0 Å². The van der Waals surface area contributed by atoms with Crippen molar-refractivity contribution in [1.82, 2.24) is 4.98 Å². The van der Waals surface area contributed by atoms with Crippen molar-refractivity contribution < 1.29 is 4.79 Å². The van der Waals surface area contributed by atoms with Gasteiger partial charge in [0.25, 0.3) is 5.91 Å². The Bertz CT molecular complexity index is 551. The fourth-order valence-electron chi connectivity index (χ4n) is 1.29. The van der Waals surface area contributed by atoms with E-state index >= 15 is 0 Å². The zero-order valence-electron chi connectivity index (χ0n) is 9.01. The second-order valence-corrected chi connectivity index (χ2v) is 4.30. The Balaban J connectivity index is 2.16. The van der Waals surface area contributed by atoms with Crippen molar-refractivity contribution in [3.05, 3.63) is 46.5 Å². The lowest BCUT2D eigenvalue weighted by Crippen LogP contribution is -2.11. The van der Waals surface area contributed by atoms with Gasteiger partial charge in [0, 0.05) is 5.56 Å². The van der Waals surface area contributed by atoms with Crippen molar-refractivity contribution in [1.29, 1.82) is 0 Å². The fraction of sp³-hybridized carbons (Fsp3) is 0.0909. The molecule has 1 heterocycles. The fourth-order valence-corrected chi connectivity index (χ4v) is 2.03. The van der Waals surface area contributed by atoms with Crippen LogP contribution in [-0.4, -0.2) is 10.9 Å². The van der Waals surface area contributed by atoms with Gasteiger partial charge in [-0.1, -0.05) is 29.5 Å². The molecule has 0 unspecified atom stereocenters. The summed E-state index contributed by atoms with van der Waals surface area (Å²) in [6, 6.07) is 8.79. The monoisotopic (exact) mass is 247 g/mol. The minimum Gasteiger partial charge on any atom is -0.298 e. The van der Waals surface area contributed by atoms with Gasteiger partial charge in [-0.2, -0.15) is 0 Å². The van der Waals surface area contributed by atoms with E-state index in [9.17, 15) is 9.70 Å². The minimum atomic E-state index is -0.253. The number of aromatic nitrogens is 1.